The molecular weight excluding hydrogens is 338 g/mol. The molecule has 2 aromatic carbocycles. The molecule has 3 rings (SSSR count). The standard InChI is InChI=1S/C22H25N3O2/c1-15(2)22-24-21(27-25-22)14-13-20(26)23-16(3)17-9-11-19(12-10-17)18-7-5-4-6-8-18/h4-12,15-16H,13-14H2,1-3H3,(H,23,26). The number of benzene rings is 2. The summed E-state index contributed by atoms with van der Waals surface area (Å²) in [4.78, 5) is 16.5. The van der Waals surface area contributed by atoms with Crippen molar-refractivity contribution in [3.63, 3.8) is 0 Å². The van der Waals surface area contributed by atoms with Gasteiger partial charge >= 0.3 is 0 Å². The van der Waals surface area contributed by atoms with Gasteiger partial charge in [0.15, 0.2) is 5.82 Å². The predicted molar refractivity (Wildman–Crippen MR) is 105 cm³/mol. The molecule has 0 aliphatic heterocycles. The zero-order valence-electron chi connectivity index (χ0n) is 16.0. The van der Waals surface area contributed by atoms with Gasteiger partial charge in [-0.1, -0.05) is 73.6 Å². The Bertz CT molecular complexity index is 870. The van der Waals surface area contributed by atoms with Crippen LogP contribution in [0.4, 0.5) is 0 Å². The van der Waals surface area contributed by atoms with Crippen LogP contribution in [0.2, 0.25) is 0 Å². The Morgan fingerprint density at radius 3 is 2.30 bits per heavy atom. The van der Waals surface area contributed by atoms with E-state index in [9.17, 15) is 4.79 Å². The Hall–Kier alpha value is -2.95. The lowest BCUT2D eigenvalue weighted by molar-refractivity contribution is -0.121. The zero-order valence-corrected chi connectivity index (χ0v) is 16.0. The number of nitrogens with one attached hydrogen (secondary N) is 1. The second-order valence-electron chi connectivity index (χ2n) is 6.98. The first-order chi connectivity index (χ1) is 13.0. The number of nitrogens with zero attached hydrogens (tertiary/aromatic N) is 2. The number of carbonyl (C=O) groups is 1. The van der Waals surface area contributed by atoms with Crippen LogP contribution >= 0.6 is 0 Å². The first kappa shape index (κ1) is 18.8. The van der Waals surface area contributed by atoms with Gasteiger partial charge in [-0.3, -0.25) is 4.79 Å². The maximum absolute atomic E-state index is 12.2. The highest BCUT2D eigenvalue weighted by Crippen LogP contribution is 2.21. The molecule has 0 bridgehead atoms. The highest BCUT2D eigenvalue weighted by atomic mass is 16.5. The van der Waals surface area contributed by atoms with Crippen LogP contribution in [0.1, 0.15) is 56.4 Å². The van der Waals surface area contributed by atoms with E-state index in [4.69, 9.17) is 4.52 Å². The number of aryl methyl sites for hydroxylation is 1. The van der Waals surface area contributed by atoms with Crippen LogP contribution in [-0.4, -0.2) is 16.0 Å². The predicted octanol–water partition coefficient (Wildman–Crippen LogP) is 4.67. The summed E-state index contributed by atoms with van der Waals surface area (Å²) in [5.41, 5.74) is 3.42. The summed E-state index contributed by atoms with van der Waals surface area (Å²) in [5.74, 6) is 1.38. The molecule has 1 atom stereocenters. The van der Waals surface area contributed by atoms with E-state index >= 15 is 0 Å². The Kier molecular flexibility index (Phi) is 6.01. The topological polar surface area (TPSA) is 68.0 Å². The van der Waals surface area contributed by atoms with Gasteiger partial charge in [-0.2, -0.15) is 4.98 Å². The van der Waals surface area contributed by atoms with Crippen molar-refractivity contribution in [1.29, 1.82) is 0 Å². The zero-order chi connectivity index (χ0) is 19.2. The smallest absolute Gasteiger partial charge is 0.227 e. The van der Waals surface area contributed by atoms with Crippen LogP contribution in [0, 0.1) is 0 Å². The summed E-state index contributed by atoms with van der Waals surface area (Å²) >= 11 is 0. The quantitative estimate of drug-likeness (QED) is 0.662. The molecule has 1 aromatic heterocycles. The number of amides is 1. The maximum atomic E-state index is 12.2. The lowest BCUT2D eigenvalue weighted by Crippen LogP contribution is -2.26. The molecule has 0 aliphatic rings. The summed E-state index contributed by atoms with van der Waals surface area (Å²) in [7, 11) is 0. The molecule has 0 saturated carbocycles. The fourth-order valence-corrected chi connectivity index (χ4v) is 2.82. The second kappa shape index (κ2) is 8.62. The number of rotatable bonds is 7. The van der Waals surface area contributed by atoms with Crippen molar-refractivity contribution in [2.45, 2.75) is 45.6 Å². The monoisotopic (exact) mass is 363 g/mol. The van der Waals surface area contributed by atoms with Crippen molar-refractivity contribution in [3.05, 3.63) is 71.9 Å². The van der Waals surface area contributed by atoms with Gasteiger partial charge in [-0.05, 0) is 23.6 Å². The van der Waals surface area contributed by atoms with E-state index < -0.39 is 0 Å². The first-order valence-corrected chi connectivity index (χ1v) is 9.30. The lowest BCUT2D eigenvalue weighted by atomic mass is 10.0. The molecule has 0 radical (unpaired) electrons. The minimum atomic E-state index is -0.0590. The van der Waals surface area contributed by atoms with Gasteiger partial charge in [-0.25, -0.2) is 0 Å². The van der Waals surface area contributed by atoms with Gasteiger partial charge in [-0.15, -0.1) is 0 Å². The molecule has 1 amide bonds. The van der Waals surface area contributed by atoms with Gasteiger partial charge in [0.2, 0.25) is 11.8 Å². The molecule has 1 heterocycles. The molecule has 0 aliphatic carbocycles. The molecule has 3 aromatic rings. The van der Waals surface area contributed by atoms with Crippen LogP contribution < -0.4 is 5.32 Å². The number of hydrogen-bond acceptors (Lipinski definition) is 4. The molecule has 5 heteroatoms. The van der Waals surface area contributed by atoms with E-state index in [2.05, 4.69) is 51.9 Å². The van der Waals surface area contributed by atoms with Gasteiger partial charge in [0, 0.05) is 18.8 Å². The fraction of sp³-hybridized carbons (Fsp3) is 0.318. The number of aromatic nitrogens is 2. The van der Waals surface area contributed by atoms with Crippen LogP contribution in [0.15, 0.2) is 59.1 Å². The molecule has 140 valence electrons. The minimum Gasteiger partial charge on any atom is -0.350 e. The summed E-state index contributed by atoms with van der Waals surface area (Å²) in [5, 5.41) is 6.94. The van der Waals surface area contributed by atoms with E-state index in [1.165, 1.54) is 5.56 Å². The third kappa shape index (κ3) is 5.03. The molecule has 0 spiro atoms. The van der Waals surface area contributed by atoms with E-state index in [1.807, 2.05) is 39.0 Å². The van der Waals surface area contributed by atoms with Gasteiger partial charge in [0.1, 0.15) is 0 Å². The van der Waals surface area contributed by atoms with Crippen LogP contribution in [0.3, 0.4) is 0 Å². The molecule has 27 heavy (non-hydrogen) atoms. The summed E-state index contributed by atoms with van der Waals surface area (Å²) in [6.45, 7) is 6.00. The Labute approximate surface area is 159 Å². The third-order valence-corrected chi connectivity index (χ3v) is 4.46. The van der Waals surface area contributed by atoms with E-state index in [0.29, 0.717) is 24.6 Å². The lowest BCUT2D eigenvalue weighted by Gasteiger charge is -2.14. The minimum absolute atomic E-state index is 0.0288. The van der Waals surface area contributed by atoms with Gasteiger partial charge in [0.05, 0.1) is 6.04 Å². The van der Waals surface area contributed by atoms with Crippen molar-refractivity contribution in [2.75, 3.05) is 0 Å². The van der Waals surface area contributed by atoms with Crippen molar-refractivity contribution in [3.8, 4) is 11.1 Å². The SMILES string of the molecule is CC(C)c1noc(CCC(=O)NC(C)c2ccc(-c3ccccc3)cc2)n1. The Morgan fingerprint density at radius 2 is 1.67 bits per heavy atom. The van der Waals surface area contributed by atoms with E-state index in [0.717, 1.165) is 11.1 Å². The number of carbonyl (C=O) groups excluding carboxylic acids is 1. The molecule has 5 nitrogen and oxygen atoms in total. The summed E-state index contributed by atoms with van der Waals surface area (Å²) in [6.07, 6.45) is 0.775. The average Bonchev–Trinajstić information content (AvgIpc) is 3.17. The van der Waals surface area contributed by atoms with Gasteiger partial charge in [0.25, 0.3) is 0 Å². The normalized spacial score (nSPS) is 12.1. The molecular formula is C22H25N3O2. The first-order valence-electron chi connectivity index (χ1n) is 9.30. The summed E-state index contributed by atoms with van der Waals surface area (Å²) < 4.78 is 5.18. The van der Waals surface area contributed by atoms with Crippen molar-refractivity contribution in [1.82, 2.24) is 15.5 Å². The fourth-order valence-electron chi connectivity index (χ4n) is 2.82. The second-order valence-corrected chi connectivity index (χ2v) is 6.98. The van der Waals surface area contributed by atoms with E-state index in [1.54, 1.807) is 0 Å². The summed E-state index contributed by atoms with van der Waals surface area (Å²) in [6, 6.07) is 18.5. The Balaban J connectivity index is 1.53. The maximum Gasteiger partial charge on any atom is 0.227 e. The van der Waals surface area contributed by atoms with Gasteiger partial charge < -0.3 is 9.84 Å². The van der Waals surface area contributed by atoms with Crippen molar-refractivity contribution < 1.29 is 9.32 Å². The van der Waals surface area contributed by atoms with Crippen molar-refractivity contribution in [2.24, 2.45) is 0 Å². The molecule has 0 saturated heterocycles. The van der Waals surface area contributed by atoms with E-state index in [-0.39, 0.29) is 17.9 Å². The largest absolute Gasteiger partial charge is 0.350 e. The molecule has 0 fully saturated rings. The highest BCUT2D eigenvalue weighted by Gasteiger charge is 2.13. The van der Waals surface area contributed by atoms with Crippen LogP contribution in [0.25, 0.3) is 11.1 Å². The van der Waals surface area contributed by atoms with Crippen molar-refractivity contribution >= 4 is 5.91 Å². The van der Waals surface area contributed by atoms with Crippen LogP contribution in [0.5, 0.6) is 0 Å². The van der Waals surface area contributed by atoms with Crippen LogP contribution in [-0.2, 0) is 11.2 Å². The Morgan fingerprint density at radius 1 is 1.00 bits per heavy atom. The molecule has 1 N–H and O–H groups in total. The number of hydrogen-bond donors (Lipinski definition) is 1. The average molecular weight is 363 g/mol. The highest BCUT2D eigenvalue weighted by molar-refractivity contribution is 5.76. The molecule has 1 unspecified atom stereocenters. The third-order valence-electron chi connectivity index (χ3n) is 4.46.